The molecule has 0 amide bonds. The first kappa shape index (κ1) is 18.4. The number of hydrogen-bond acceptors (Lipinski definition) is 5. The summed E-state index contributed by atoms with van der Waals surface area (Å²) in [5.41, 5.74) is 3.06. The first-order valence-corrected chi connectivity index (χ1v) is 9.47. The predicted octanol–water partition coefficient (Wildman–Crippen LogP) is 2.77. The Morgan fingerprint density at radius 1 is 1.11 bits per heavy atom. The predicted molar refractivity (Wildman–Crippen MR) is 108 cm³/mol. The van der Waals surface area contributed by atoms with Gasteiger partial charge < -0.3 is 15.2 Å². The van der Waals surface area contributed by atoms with Crippen LogP contribution in [0, 0.1) is 0 Å². The zero-order chi connectivity index (χ0) is 19.5. The van der Waals surface area contributed by atoms with Gasteiger partial charge in [-0.05, 0) is 55.3 Å². The number of aliphatic hydroxyl groups is 1. The lowest BCUT2D eigenvalue weighted by Gasteiger charge is -2.30. The molecule has 0 aliphatic carbocycles. The normalized spacial score (nSPS) is 17.5. The van der Waals surface area contributed by atoms with E-state index < -0.39 is 0 Å². The number of phenols is 1. The Balaban J connectivity index is 1.62. The third-order valence-electron chi connectivity index (χ3n) is 4.99. The second-order valence-corrected chi connectivity index (χ2v) is 7.26. The van der Waals surface area contributed by atoms with E-state index in [9.17, 15) is 15.0 Å². The fourth-order valence-electron chi connectivity index (χ4n) is 3.62. The number of aromatic nitrogens is 2. The molecule has 3 aromatic rings. The molecule has 1 unspecified atom stereocenters. The summed E-state index contributed by atoms with van der Waals surface area (Å²) in [7, 11) is 0. The maximum atomic E-state index is 12.2. The Labute approximate surface area is 163 Å². The van der Waals surface area contributed by atoms with Crippen LogP contribution in [0.1, 0.15) is 18.4 Å². The summed E-state index contributed by atoms with van der Waals surface area (Å²) in [6.07, 6.45) is 1.62. The summed E-state index contributed by atoms with van der Waals surface area (Å²) in [5.74, 6) is 0.681. The fraction of sp³-hybridized carbons (Fsp3) is 0.273. The van der Waals surface area contributed by atoms with E-state index in [-0.39, 0.29) is 17.4 Å². The molecule has 0 bridgehead atoms. The highest BCUT2D eigenvalue weighted by molar-refractivity contribution is 5.64. The van der Waals surface area contributed by atoms with Gasteiger partial charge in [-0.3, -0.25) is 9.69 Å². The highest BCUT2D eigenvalue weighted by Crippen LogP contribution is 2.23. The van der Waals surface area contributed by atoms with E-state index in [1.807, 2.05) is 24.3 Å². The molecule has 3 N–H and O–H groups in total. The van der Waals surface area contributed by atoms with Crippen LogP contribution >= 0.6 is 0 Å². The van der Waals surface area contributed by atoms with Crippen LogP contribution in [0.15, 0.2) is 59.4 Å². The summed E-state index contributed by atoms with van der Waals surface area (Å²) in [4.78, 5) is 21.9. The first-order chi connectivity index (χ1) is 13.6. The van der Waals surface area contributed by atoms with Crippen molar-refractivity contribution in [3.05, 3.63) is 70.5 Å². The summed E-state index contributed by atoms with van der Waals surface area (Å²) in [6, 6.07) is 16.0. The monoisotopic (exact) mass is 377 g/mol. The molecule has 0 spiro atoms. The third kappa shape index (κ3) is 4.30. The number of hydrogen-bond donors (Lipinski definition) is 3. The zero-order valence-corrected chi connectivity index (χ0v) is 15.5. The molecule has 0 saturated carbocycles. The van der Waals surface area contributed by atoms with Gasteiger partial charge >= 0.3 is 0 Å². The van der Waals surface area contributed by atoms with Crippen LogP contribution in [0.4, 0.5) is 0 Å². The summed E-state index contributed by atoms with van der Waals surface area (Å²) in [5, 5.41) is 19.3. The molecular formula is C22H23N3O3. The first-order valence-electron chi connectivity index (χ1n) is 9.47. The van der Waals surface area contributed by atoms with Crippen molar-refractivity contribution < 1.29 is 10.2 Å². The average molecular weight is 377 g/mol. The Bertz CT molecular complexity index is 1010. The number of phenolic OH excluding ortho intramolecular Hbond substituents is 1. The van der Waals surface area contributed by atoms with Crippen molar-refractivity contribution in [3.63, 3.8) is 0 Å². The standard InChI is InChI=1S/C22H23N3O3/c26-18-8-6-16(7-9-18)20-12-21(28)24-22(23-20)17-4-1-3-15(11-17)13-25-10-2-5-19(27)14-25/h1,3-4,6-9,11-12,19,26-27H,2,5,10,13-14H2,(H,23,24,28). The number of rotatable bonds is 4. The Morgan fingerprint density at radius 2 is 1.93 bits per heavy atom. The van der Waals surface area contributed by atoms with Crippen LogP contribution < -0.4 is 5.56 Å². The lowest BCUT2D eigenvalue weighted by atomic mass is 10.1. The van der Waals surface area contributed by atoms with E-state index in [0.29, 0.717) is 18.1 Å². The van der Waals surface area contributed by atoms with Gasteiger partial charge in [0.25, 0.3) is 5.56 Å². The van der Waals surface area contributed by atoms with E-state index in [2.05, 4.69) is 14.9 Å². The molecule has 1 aromatic heterocycles. The number of piperidine rings is 1. The lowest BCUT2D eigenvalue weighted by Crippen LogP contribution is -2.37. The molecule has 1 aliphatic heterocycles. The average Bonchev–Trinajstić information content (AvgIpc) is 2.68. The molecule has 1 atom stereocenters. The largest absolute Gasteiger partial charge is 0.508 e. The van der Waals surface area contributed by atoms with Crippen molar-refractivity contribution in [3.8, 4) is 28.4 Å². The van der Waals surface area contributed by atoms with Crippen molar-refractivity contribution in [2.75, 3.05) is 13.1 Å². The zero-order valence-electron chi connectivity index (χ0n) is 15.5. The maximum absolute atomic E-state index is 12.2. The quantitative estimate of drug-likeness (QED) is 0.651. The van der Waals surface area contributed by atoms with Gasteiger partial charge in [0.2, 0.25) is 0 Å². The van der Waals surface area contributed by atoms with Crippen molar-refractivity contribution in [2.45, 2.75) is 25.5 Å². The van der Waals surface area contributed by atoms with Crippen LogP contribution in [0.3, 0.4) is 0 Å². The molecule has 1 fully saturated rings. The highest BCUT2D eigenvalue weighted by atomic mass is 16.3. The van der Waals surface area contributed by atoms with Crippen molar-refractivity contribution in [1.82, 2.24) is 14.9 Å². The van der Waals surface area contributed by atoms with E-state index in [1.165, 1.54) is 6.07 Å². The Hall–Kier alpha value is -2.96. The molecule has 144 valence electrons. The molecule has 6 nitrogen and oxygen atoms in total. The van der Waals surface area contributed by atoms with Gasteiger partial charge in [0, 0.05) is 30.3 Å². The van der Waals surface area contributed by atoms with Crippen LogP contribution in [0.25, 0.3) is 22.6 Å². The number of aliphatic hydroxyl groups excluding tert-OH is 1. The third-order valence-corrected chi connectivity index (χ3v) is 4.99. The van der Waals surface area contributed by atoms with Gasteiger partial charge in [-0.25, -0.2) is 4.98 Å². The van der Waals surface area contributed by atoms with Crippen LogP contribution in [0.2, 0.25) is 0 Å². The molecule has 1 saturated heterocycles. The van der Waals surface area contributed by atoms with E-state index in [1.54, 1.807) is 24.3 Å². The smallest absolute Gasteiger partial charge is 0.251 e. The minimum Gasteiger partial charge on any atom is -0.508 e. The van der Waals surface area contributed by atoms with E-state index >= 15 is 0 Å². The second kappa shape index (κ2) is 7.96. The van der Waals surface area contributed by atoms with Crippen LogP contribution in [0.5, 0.6) is 5.75 Å². The number of aromatic amines is 1. The molecule has 0 radical (unpaired) electrons. The van der Waals surface area contributed by atoms with Gasteiger partial charge in [-0.15, -0.1) is 0 Å². The number of likely N-dealkylation sites (tertiary alicyclic amines) is 1. The Kier molecular flexibility index (Phi) is 5.23. The number of aromatic hydroxyl groups is 1. The molecule has 1 aliphatic rings. The molecule has 4 rings (SSSR count). The van der Waals surface area contributed by atoms with Crippen LogP contribution in [-0.4, -0.2) is 44.3 Å². The SMILES string of the molecule is O=c1cc(-c2ccc(O)cc2)nc(-c2cccc(CN3CCCC(O)C3)c2)[nH]1. The van der Waals surface area contributed by atoms with Gasteiger partial charge in [-0.2, -0.15) is 0 Å². The van der Waals surface area contributed by atoms with Gasteiger partial charge in [0.1, 0.15) is 11.6 Å². The number of nitrogens with zero attached hydrogens (tertiary/aromatic N) is 2. The van der Waals surface area contributed by atoms with Gasteiger partial charge in [0.05, 0.1) is 11.8 Å². The number of nitrogens with one attached hydrogen (secondary N) is 1. The minimum absolute atomic E-state index is 0.171. The molecular weight excluding hydrogens is 354 g/mol. The van der Waals surface area contributed by atoms with Crippen LogP contribution in [-0.2, 0) is 6.54 Å². The molecule has 2 aromatic carbocycles. The summed E-state index contributed by atoms with van der Waals surface area (Å²) >= 11 is 0. The topological polar surface area (TPSA) is 89.4 Å². The van der Waals surface area contributed by atoms with Crippen molar-refractivity contribution in [1.29, 1.82) is 0 Å². The lowest BCUT2D eigenvalue weighted by molar-refractivity contribution is 0.0668. The van der Waals surface area contributed by atoms with Gasteiger partial charge in [-0.1, -0.05) is 18.2 Å². The molecule has 2 heterocycles. The minimum atomic E-state index is -0.253. The maximum Gasteiger partial charge on any atom is 0.251 e. The number of H-pyrrole nitrogens is 1. The summed E-state index contributed by atoms with van der Waals surface area (Å²) in [6.45, 7) is 2.43. The summed E-state index contributed by atoms with van der Waals surface area (Å²) < 4.78 is 0. The molecule has 6 heteroatoms. The van der Waals surface area contributed by atoms with Crippen molar-refractivity contribution >= 4 is 0 Å². The Morgan fingerprint density at radius 3 is 2.71 bits per heavy atom. The van der Waals surface area contributed by atoms with Gasteiger partial charge in [0.15, 0.2) is 0 Å². The van der Waals surface area contributed by atoms with E-state index in [4.69, 9.17) is 0 Å². The van der Waals surface area contributed by atoms with Crippen molar-refractivity contribution in [2.24, 2.45) is 0 Å². The number of β-amino-alcohol motifs (C(OH)–C–C–N with tert-alkyl or cyclic N) is 1. The number of benzene rings is 2. The fourth-order valence-corrected chi connectivity index (χ4v) is 3.62. The molecule has 28 heavy (non-hydrogen) atoms. The van der Waals surface area contributed by atoms with E-state index in [0.717, 1.165) is 42.6 Å². The highest BCUT2D eigenvalue weighted by Gasteiger charge is 2.17. The second-order valence-electron chi connectivity index (χ2n) is 7.26.